The molecule has 2 aromatic heterocycles. The molecule has 136 valence electrons. The van der Waals surface area contributed by atoms with E-state index in [2.05, 4.69) is 9.97 Å². The van der Waals surface area contributed by atoms with Gasteiger partial charge in [-0.3, -0.25) is 14.3 Å². The predicted octanol–water partition coefficient (Wildman–Crippen LogP) is 4.22. The molecule has 0 aliphatic rings. The summed E-state index contributed by atoms with van der Waals surface area (Å²) in [6.07, 6.45) is 2.51. The van der Waals surface area contributed by atoms with Crippen molar-refractivity contribution in [1.29, 1.82) is 0 Å². The van der Waals surface area contributed by atoms with Crippen molar-refractivity contribution < 1.29 is 13.6 Å². The molecule has 0 aliphatic heterocycles. The minimum absolute atomic E-state index is 0.0101. The lowest BCUT2D eigenvalue weighted by Gasteiger charge is -2.19. The third-order valence-electron chi connectivity index (χ3n) is 4.24. The van der Waals surface area contributed by atoms with E-state index in [1.54, 1.807) is 13.1 Å². The maximum atomic E-state index is 13.0. The van der Waals surface area contributed by atoms with E-state index < -0.39 is 6.55 Å². The summed E-state index contributed by atoms with van der Waals surface area (Å²) in [4.78, 5) is 23.0. The van der Waals surface area contributed by atoms with Gasteiger partial charge < -0.3 is 4.90 Å². The standard InChI is InChI=1S/C19H20F2N4O/c1-12(2)16-10-14(13-6-4-5-7-15(13)23-16)18(26)24(3)11-17-22-8-9-25(17)19(20)21/h4-10,12,19H,11H2,1-3H3. The summed E-state index contributed by atoms with van der Waals surface area (Å²) < 4.78 is 26.8. The number of amides is 1. The number of para-hydroxylation sites is 1. The Kier molecular flexibility index (Phi) is 4.97. The van der Waals surface area contributed by atoms with E-state index in [0.717, 1.165) is 21.2 Å². The quantitative estimate of drug-likeness (QED) is 0.686. The zero-order valence-electron chi connectivity index (χ0n) is 14.9. The Morgan fingerprint density at radius 1 is 1.27 bits per heavy atom. The van der Waals surface area contributed by atoms with Crippen LogP contribution in [0, 0.1) is 0 Å². The van der Waals surface area contributed by atoms with E-state index in [1.165, 1.54) is 17.3 Å². The highest BCUT2D eigenvalue weighted by atomic mass is 19.3. The molecular weight excluding hydrogens is 338 g/mol. The van der Waals surface area contributed by atoms with Crippen LogP contribution in [0.5, 0.6) is 0 Å². The number of imidazole rings is 1. The second-order valence-electron chi connectivity index (χ2n) is 6.46. The van der Waals surface area contributed by atoms with Gasteiger partial charge in [0.2, 0.25) is 0 Å². The number of halogens is 2. The van der Waals surface area contributed by atoms with Crippen molar-refractivity contribution in [2.75, 3.05) is 7.05 Å². The summed E-state index contributed by atoms with van der Waals surface area (Å²) in [6.45, 7) is 1.32. The Morgan fingerprint density at radius 2 is 2.00 bits per heavy atom. The lowest BCUT2D eigenvalue weighted by atomic mass is 10.0. The number of nitrogens with zero attached hydrogens (tertiary/aromatic N) is 4. The van der Waals surface area contributed by atoms with E-state index in [4.69, 9.17) is 0 Å². The van der Waals surface area contributed by atoms with Crippen LogP contribution in [0.25, 0.3) is 10.9 Å². The van der Waals surface area contributed by atoms with Crippen molar-refractivity contribution in [3.63, 3.8) is 0 Å². The van der Waals surface area contributed by atoms with Crippen LogP contribution in [0.1, 0.15) is 48.2 Å². The molecule has 1 aromatic carbocycles. The van der Waals surface area contributed by atoms with Crippen molar-refractivity contribution in [3.8, 4) is 0 Å². The normalized spacial score (nSPS) is 11.5. The first-order valence-electron chi connectivity index (χ1n) is 8.33. The van der Waals surface area contributed by atoms with Crippen LogP contribution >= 0.6 is 0 Å². The predicted molar refractivity (Wildman–Crippen MR) is 95.1 cm³/mol. The van der Waals surface area contributed by atoms with Crippen molar-refractivity contribution >= 4 is 16.8 Å². The molecule has 0 N–H and O–H groups in total. The van der Waals surface area contributed by atoms with Crippen LogP contribution < -0.4 is 0 Å². The minimum Gasteiger partial charge on any atom is -0.334 e. The van der Waals surface area contributed by atoms with E-state index in [-0.39, 0.29) is 24.2 Å². The number of carbonyl (C=O) groups excluding carboxylic acids is 1. The number of carbonyl (C=O) groups is 1. The van der Waals surface area contributed by atoms with E-state index in [9.17, 15) is 13.6 Å². The maximum Gasteiger partial charge on any atom is 0.319 e. The number of pyridine rings is 1. The highest BCUT2D eigenvalue weighted by Gasteiger charge is 2.20. The first-order chi connectivity index (χ1) is 12.4. The van der Waals surface area contributed by atoms with Crippen LogP contribution in [-0.4, -0.2) is 32.4 Å². The highest BCUT2D eigenvalue weighted by molar-refractivity contribution is 6.06. The van der Waals surface area contributed by atoms with Crippen molar-refractivity contribution in [2.45, 2.75) is 32.9 Å². The van der Waals surface area contributed by atoms with Crippen molar-refractivity contribution in [1.82, 2.24) is 19.4 Å². The van der Waals surface area contributed by atoms with Crippen LogP contribution in [0.4, 0.5) is 8.78 Å². The summed E-state index contributed by atoms with van der Waals surface area (Å²) >= 11 is 0. The molecule has 0 aliphatic carbocycles. The second-order valence-corrected chi connectivity index (χ2v) is 6.46. The Hall–Kier alpha value is -2.83. The highest BCUT2D eigenvalue weighted by Crippen LogP contribution is 2.24. The Labute approximate surface area is 150 Å². The molecule has 0 atom stereocenters. The molecular formula is C19H20F2N4O. The smallest absolute Gasteiger partial charge is 0.319 e. The molecule has 3 aromatic rings. The fraction of sp³-hybridized carbons (Fsp3) is 0.316. The van der Waals surface area contributed by atoms with Gasteiger partial charge in [-0.2, -0.15) is 8.78 Å². The van der Waals surface area contributed by atoms with Crippen molar-refractivity contribution in [2.24, 2.45) is 0 Å². The fourth-order valence-corrected chi connectivity index (χ4v) is 2.80. The van der Waals surface area contributed by atoms with Gasteiger partial charge in [-0.25, -0.2) is 4.98 Å². The summed E-state index contributed by atoms with van der Waals surface area (Å²) in [5, 5.41) is 0.742. The molecule has 0 radical (unpaired) electrons. The Morgan fingerprint density at radius 3 is 2.69 bits per heavy atom. The van der Waals surface area contributed by atoms with Gasteiger partial charge in [0, 0.05) is 30.5 Å². The lowest BCUT2D eigenvalue weighted by Crippen LogP contribution is -2.28. The first-order valence-corrected chi connectivity index (χ1v) is 8.33. The monoisotopic (exact) mass is 358 g/mol. The first kappa shape index (κ1) is 18.0. The van der Waals surface area contributed by atoms with Gasteiger partial charge in [-0.1, -0.05) is 32.0 Å². The van der Waals surface area contributed by atoms with E-state index in [1.807, 2.05) is 38.1 Å². The summed E-state index contributed by atoms with van der Waals surface area (Å²) in [6, 6.07) is 9.21. The summed E-state index contributed by atoms with van der Waals surface area (Å²) in [5.41, 5.74) is 2.07. The number of alkyl halides is 2. The molecule has 3 rings (SSSR count). The fourth-order valence-electron chi connectivity index (χ4n) is 2.80. The molecule has 0 unspecified atom stereocenters. The van der Waals surface area contributed by atoms with Gasteiger partial charge >= 0.3 is 6.55 Å². The van der Waals surface area contributed by atoms with Gasteiger partial charge in [0.05, 0.1) is 17.6 Å². The molecule has 0 fully saturated rings. The minimum atomic E-state index is -2.69. The number of rotatable bonds is 5. The van der Waals surface area contributed by atoms with Crippen LogP contribution in [0.15, 0.2) is 42.7 Å². The second kappa shape index (κ2) is 7.19. The number of aromatic nitrogens is 3. The Bertz CT molecular complexity index is 936. The molecule has 7 heteroatoms. The molecule has 0 spiro atoms. The van der Waals surface area contributed by atoms with Crippen LogP contribution in [0.2, 0.25) is 0 Å². The summed E-state index contributed by atoms with van der Waals surface area (Å²) in [7, 11) is 1.58. The van der Waals surface area contributed by atoms with Crippen LogP contribution in [0.3, 0.4) is 0 Å². The number of hydrogen-bond donors (Lipinski definition) is 0. The average molecular weight is 358 g/mol. The molecule has 26 heavy (non-hydrogen) atoms. The SMILES string of the molecule is CC(C)c1cc(C(=O)N(C)Cc2nccn2C(F)F)c2ccccc2n1. The Balaban J connectivity index is 1.97. The van der Waals surface area contributed by atoms with Gasteiger partial charge in [-0.05, 0) is 18.1 Å². The summed E-state index contributed by atoms with van der Waals surface area (Å²) in [5.74, 6) is 0.0433. The zero-order valence-corrected chi connectivity index (χ0v) is 14.9. The molecule has 0 saturated heterocycles. The van der Waals surface area contributed by atoms with Crippen molar-refractivity contribution in [3.05, 3.63) is 59.8 Å². The lowest BCUT2D eigenvalue weighted by molar-refractivity contribution is 0.0613. The molecule has 2 heterocycles. The molecule has 0 saturated carbocycles. The van der Waals surface area contributed by atoms with Crippen LogP contribution in [-0.2, 0) is 6.54 Å². The van der Waals surface area contributed by atoms with Gasteiger partial charge in [-0.15, -0.1) is 0 Å². The topological polar surface area (TPSA) is 51.0 Å². The maximum absolute atomic E-state index is 13.0. The number of fused-ring (bicyclic) bond motifs is 1. The van der Waals surface area contributed by atoms with Gasteiger partial charge in [0.25, 0.3) is 5.91 Å². The van der Waals surface area contributed by atoms with E-state index >= 15 is 0 Å². The van der Waals surface area contributed by atoms with Gasteiger partial charge in [0.1, 0.15) is 5.82 Å². The zero-order chi connectivity index (χ0) is 18.8. The van der Waals surface area contributed by atoms with E-state index in [0.29, 0.717) is 5.56 Å². The number of benzene rings is 1. The molecule has 5 nitrogen and oxygen atoms in total. The molecule has 1 amide bonds. The molecule has 0 bridgehead atoms. The number of hydrogen-bond acceptors (Lipinski definition) is 3. The largest absolute Gasteiger partial charge is 0.334 e. The van der Waals surface area contributed by atoms with Gasteiger partial charge in [0.15, 0.2) is 0 Å². The average Bonchev–Trinajstić information content (AvgIpc) is 3.08. The third kappa shape index (κ3) is 3.42. The third-order valence-corrected chi connectivity index (χ3v) is 4.24.